The summed E-state index contributed by atoms with van der Waals surface area (Å²) in [5, 5.41) is 6.51. The number of halogens is 1. The lowest BCUT2D eigenvalue weighted by Gasteiger charge is -2.31. The molecule has 1 atom stereocenters. The van der Waals surface area contributed by atoms with E-state index in [2.05, 4.69) is 42.4 Å². The maximum atomic E-state index is 15.5. The van der Waals surface area contributed by atoms with E-state index in [0.717, 1.165) is 30.7 Å². The highest BCUT2D eigenvalue weighted by Crippen LogP contribution is 2.33. The Kier molecular flexibility index (Phi) is 5.76. The number of hydrogen-bond donors (Lipinski definition) is 2. The number of aryl methyl sites for hydroxylation is 1. The number of imidazole rings is 1. The van der Waals surface area contributed by atoms with E-state index >= 15 is 4.39 Å². The lowest BCUT2D eigenvalue weighted by Crippen LogP contribution is -2.49. The average molecular weight is 500 g/mol. The van der Waals surface area contributed by atoms with Gasteiger partial charge in [-0.05, 0) is 38.1 Å². The van der Waals surface area contributed by atoms with Crippen molar-refractivity contribution in [1.82, 2.24) is 34.8 Å². The number of aromatic nitrogens is 6. The molecule has 4 heterocycles. The third kappa shape index (κ3) is 4.38. The summed E-state index contributed by atoms with van der Waals surface area (Å²) in [5.74, 6) is 1.58. The summed E-state index contributed by atoms with van der Waals surface area (Å²) in [6.45, 7) is 6.25. The van der Waals surface area contributed by atoms with Gasteiger partial charge in [0.25, 0.3) is 0 Å². The van der Waals surface area contributed by atoms with Crippen molar-refractivity contribution in [3.05, 3.63) is 60.6 Å². The van der Waals surface area contributed by atoms with E-state index in [0.29, 0.717) is 45.9 Å². The molecule has 1 saturated heterocycles. The molecule has 11 heteroatoms. The Hall–Kier alpha value is -4.38. The van der Waals surface area contributed by atoms with Gasteiger partial charge in [0.05, 0.1) is 29.2 Å². The molecule has 1 fully saturated rings. The van der Waals surface area contributed by atoms with Crippen molar-refractivity contribution in [2.75, 3.05) is 29.9 Å². The smallest absolute Gasteiger partial charge is 0.226 e. The van der Waals surface area contributed by atoms with Gasteiger partial charge in [0.2, 0.25) is 5.95 Å². The Morgan fingerprint density at radius 1 is 1.11 bits per heavy atom. The number of fused-ring (bicyclic) bond motifs is 2. The molecular weight excluding hydrogens is 473 g/mol. The lowest BCUT2D eigenvalue weighted by molar-refractivity contribution is 0.472. The third-order valence-electron chi connectivity index (χ3n) is 6.53. The number of hydrogen-bond acceptors (Lipinski definition) is 9. The molecule has 2 aromatic carbocycles. The first-order valence-corrected chi connectivity index (χ1v) is 12.1. The minimum atomic E-state index is -0.437. The number of benzene rings is 2. The molecule has 37 heavy (non-hydrogen) atoms. The Bertz CT molecular complexity index is 1620. The van der Waals surface area contributed by atoms with Gasteiger partial charge in [0, 0.05) is 44.4 Å². The summed E-state index contributed by atoms with van der Waals surface area (Å²) in [5.41, 5.74) is 3.54. The molecule has 0 radical (unpaired) electrons. The fraction of sp³-hybridized carbons (Fsp3) is 0.269. The highest BCUT2D eigenvalue weighted by atomic mass is 19.1. The van der Waals surface area contributed by atoms with Crippen LogP contribution in [0.4, 0.5) is 21.8 Å². The summed E-state index contributed by atoms with van der Waals surface area (Å²) in [7, 11) is 1.93. The second-order valence-corrected chi connectivity index (χ2v) is 9.21. The Morgan fingerprint density at radius 3 is 2.86 bits per heavy atom. The largest absolute Gasteiger partial charge is 0.457 e. The zero-order valence-electron chi connectivity index (χ0n) is 20.7. The van der Waals surface area contributed by atoms with Gasteiger partial charge in [-0.15, -0.1) is 0 Å². The quantitative estimate of drug-likeness (QED) is 0.370. The van der Waals surface area contributed by atoms with Gasteiger partial charge in [-0.1, -0.05) is 0 Å². The SMILES string of the molecule is Cc1c(Oc2ccc3c(c2)ncn3C)ccc(Nc2ncnc3cnc(N4CCN[C@H](C)C4)nc23)c1F. The van der Waals surface area contributed by atoms with Crippen LogP contribution < -0.4 is 20.3 Å². The molecule has 3 aromatic heterocycles. The topological polar surface area (TPSA) is 106 Å². The third-order valence-corrected chi connectivity index (χ3v) is 6.53. The van der Waals surface area contributed by atoms with E-state index < -0.39 is 5.82 Å². The Balaban J connectivity index is 1.28. The summed E-state index contributed by atoms with van der Waals surface area (Å²) in [6.07, 6.45) is 4.83. The second kappa shape index (κ2) is 9.25. The van der Waals surface area contributed by atoms with Crippen LogP contribution in [0.15, 0.2) is 49.2 Å². The van der Waals surface area contributed by atoms with Crippen LogP contribution in [-0.4, -0.2) is 55.2 Å². The second-order valence-electron chi connectivity index (χ2n) is 9.21. The van der Waals surface area contributed by atoms with Gasteiger partial charge in [-0.2, -0.15) is 0 Å². The molecule has 1 aliphatic heterocycles. The number of rotatable bonds is 5. The fourth-order valence-electron chi connectivity index (χ4n) is 4.51. The van der Waals surface area contributed by atoms with Gasteiger partial charge in [-0.25, -0.2) is 29.3 Å². The predicted octanol–water partition coefficient (Wildman–Crippen LogP) is 4.09. The summed E-state index contributed by atoms with van der Waals surface area (Å²) in [6, 6.07) is 9.30. The van der Waals surface area contributed by atoms with Crippen molar-refractivity contribution in [2.24, 2.45) is 7.05 Å². The highest BCUT2D eigenvalue weighted by Gasteiger charge is 2.20. The van der Waals surface area contributed by atoms with E-state index in [9.17, 15) is 0 Å². The molecular formula is C26H26FN9O. The van der Waals surface area contributed by atoms with Crippen molar-refractivity contribution < 1.29 is 9.13 Å². The zero-order valence-corrected chi connectivity index (χ0v) is 20.7. The maximum absolute atomic E-state index is 15.5. The number of anilines is 3. The van der Waals surface area contributed by atoms with E-state index in [-0.39, 0.29) is 5.69 Å². The minimum Gasteiger partial charge on any atom is -0.457 e. The number of piperazine rings is 1. The molecule has 0 amide bonds. The standard InChI is InChI=1S/C26H26FN9O/c1-15-12-36(9-8-28-15)26-29-11-20-24(34-26)25(31-13-30-20)33-18-5-7-22(16(2)23(18)27)37-17-4-6-21-19(10-17)32-14-35(21)3/h4-7,10-11,13-15,28H,8-9,12H2,1-3H3,(H,30,31,33)/t15-/m1/s1. The fourth-order valence-corrected chi connectivity index (χ4v) is 4.51. The number of ether oxygens (including phenoxy) is 1. The van der Waals surface area contributed by atoms with E-state index in [4.69, 9.17) is 9.72 Å². The van der Waals surface area contributed by atoms with Gasteiger partial charge in [0.15, 0.2) is 11.6 Å². The van der Waals surface area contributed by atoms with Crippen LogP contribution in [0.1, 0.15) is 12.5 Å². The molecule has 188 valence electrons. The first-order valence-electron chi connectivity index (χ1n) is 12.1. The number of nitrogens with zero attached hydrogens (tertiary/aromatic N) is 7. The van der Waals surface area contributed by atoms with E-state index in [1.807, 2.05) is 29.8 Å². The van der Waals surface area contributed by atoms with Crippen molar-refractivity contribution in [2.45, 2.75) is 19.9 Å². The molecule has 0 saturated carbocycles. The van der Waals surface area contributed by atoms with Crippen molar-refractivity contribution in [3.63, 3.8) is 0 Å². The van der Waals surface area contributed by atoms with Gasteiger partial charge >= 0.3 is 0 Å². The highest BCUT2D eigenvalue weighted by molar-refractivity contribution is 5.87. The summed E-state index contributed by atoms with van der Waals surface area (Å²) < 4.78 is 23.4. The van der Waals surface area contributed by atoms with E-state index in [1.165, 1.54) is 6.33 Å². The van der Waals surface area contributed by atoms with Gasteiger partial charge < -0.3 is 24.8 Å². The van der Waals surface area contributed by atoms with Crippen LogP contribution in [0, 0.1) is 12.7 Å². The molecule has 2 N–H and O–H groups in total. The average Bonchev–Trinajstić information content (AvgIpc) is 3.28. The monoisotopic (exact) mass is 499 g/mol. The van der Waals surface area contributed by atoms with E-state index in [1.54, 1.807) is 31.6 Å². The first kappa shape index (κ1) is 23.0. The molecule has 1 aliphatic rings. The van der Waals surface area contributed by atoms with Crippen LogP contribution in [0.2, 0.25) is 0 Å². The first-order chi connectivity index (χ1) is 18.0. The van der Waals surface area contributed by atoms with Crippen LogP contribution >= 0.6 is 0 Å². The summed E-state index contributed by atoms with van der Waals surface area (Å²) >= 11 is 0. The normalized spacial score (nSPS) is 15.9. The Labute approximate surface area is 212 Å². The maximum Gasteiger partial charge on any atom is 0.226 e. The van der Waals surface area contributed by atoms with Gasteiger partial charge in [-0.3, -0.25) is 0 Å². The van der Waals surface area contributed by atoms with Crippen molar-refractivity contribution in [1.29, 1.82) is 0 Å². The zero-order chi connectivity index (χ0) is 25.5. The van der Waals surface area contributed by atoms with Crippen LogP contribution in [0.3, 0.4) is 0 Å². The predicted molar refractivity (Wildman–Crippen MR) is 140 cm³/mol. The molecule has 6 rings (SSSR count). The number of nitrogens with one attached hydrogen (secondary N) is 2. The lowest BCUT2D eigenvalue weighted by atomic mass is 10.1. The van der Waals surface area contributed by atoms with Crippen molar-refractivity contribution in [3.8, 4) is 11.5 Å². The molecule has 0 aliphatic carbocycles. The van der Waals surface area contributed by atoms with Gasteiger partial charge in [0.1, 0.15) is 28.9 Å². The summed E-state index contributed by atoms with van der Waals surface area (Å²) in [4.78, 5) is 24.3. The molecule has 5 aromatic rings. The van der Waals surface area contributed by atoms with Crippen LogP contribution in [0.5, 0.6) is 11.5 Å². The van der Waals surface area contributed by atoms with Crippen molar-refractivity contribution >= 4 is 39.5 Å². The Morgan fingerprint density at radius 2 is 2.00 bits per heavy atom. The minimum absolute atomic E-state index is 0.265. The van der Waals surface area contributed by atoms with Crippen LogP contribution in [0.25, 0.3) is 22.1 Å². The molecule has 0 bridgehead atoms. The van der Waals surface area contributed by atoms with Crippen LogP contribution in [-0.2, 0) is 7.05 Å². The molecule has 0 unspecified atom stereocenters. The molecule has 10 nitrogen and oxygen atoms in total. The molecule has 0 spiro atoms.